The Morgan fingerprint density at radius 1 is 0.407 bits per heavy atom. The van der Waals surface area contributed by atoms with Crippen LogP contribution in [0.25, 0.3) is 44.1 Å². The summed E-state index contributed by atoms with van der Waals surface area (Å²) in [5.41, 5.74) is 40.5. The van der Waals surface area contributed by atoms with Crippen LogP contribution in [0.5, 0.6) is 0 Å². The van der Waals surface area contributed by atoms with E-state index in [0.717, 1.165) is 19.7 Å². The van der Waals surface area contributed by atoms with Crippen LogP contribution in [0.15, 0.2) is 182 Å². The van der Waals surface area contributed by atoms with Gasteiger partial charge in [0.05, 0.1) is 7.92 Å². The first kappa shape index (κ1) is 63.3. The summed E-state index contributed by atoms with van der Waals surface area (Å²) in [6.07, 6.45) is 2.41. The summed E-state index contributed by atoms with van der Waals surface area (Å²) in [6.45, 7) is 30.2. The topological polar surface area (TPSA) is 47.6 Å². The van der Waals surface area contributed by atoms with E-state index in [0.29, 0.717) is 0 Å². The van der Waals surface area contributed by atoms with Gasteiger partial charge in [-0.05, 0) is 199 Å². The molecule has 0 aromatic heterocycles. The van der Waals surface area contributed by atoms with Gasteiger partial charge in [-0.3, -0.25) is 0 Å². The second kappa shape index (κ2) is 28.8. The van der Waals surface area contributed by atoms with E-state index in [2.05, 4.69) is 210 Å². The molecule has 0 saturated heterocycles. The van der Waals surface area contributed by atoms with Crippen molar-refractivity contribution >= 4 is 73.3 Å². The molecule has 7 heteroatoms. The Balaban J connectivity index is 0.000000192. The molecule has 0 saturated carbocycles. The third-order valence-corrected chi connectivity index (χ3v) is 19.0. The standard InChI is InChI=1S/C39H37P.C18H23P.C17H20N2.2ClH.Ru/c1-24-8-13-35-31(18-24)11-10-30(7)38(35)39-36-14-9-25(2)19-32(36)12-15-37(39)40(33-20-26(3)16-27(4)21-33)34-22-28(5)17-29(6)23-34;1-13-5-14(2)8-17(7-13)11-19-12-18-9-15(3)6-16(4)10-18;1-12-4-8-15(9-5-12)17(19,14(3)18)16-10-6-13(2)7-11-16;;;/h8-23H,1-7H3;5-10,19H,11-12H2,1-4H3;4-11,14,18-19H,1-3H3;2*1H;/q;;-2;;;+4/p-1/t;;14-;;;/m..1.../s1. The van der Waals surface area contributed by atoms with Crippen LogP contribution in [-0.4, -0.2) is 6.04 Å². The number of aryl methyl sites for hydroxylation is 13. The fourth-order valence-corrected chi connectivity index (χ4v) is 15.8. The first-order valence-electron chi connectivity index (χ1n) is 28.0. The van der Waals surface area contributed by atoms with Gasteiger partial charge in [-0.1, -0.05) is 220 Å². The summed E-state index contributed by atoms with van der Waals surface area (Å²) in [6, 6.07) is 66.8. The molecule has 0 bridgehead atoms. The maximum atomic E-state index is 8.81. The average Bonchev–Trinajstić information content (AvgIpc) is 3.58. The van der Waals surface area contributed by atoms with Gasteiger partial charge in [0.15, 0.2) is 0 Å². The zero-order valence-corrected chi connectivity index (χ0v) is 55.2. The molecule has 10 aromatic rings. The zero-order valence-electron chi connectivity index (χ0n) is 49.9. The van der Waals surface area contributed by atoms with Gasteiger partial charge in [0.2, 0.25) is 0 Å². The Kier molecular flexibility index (Phi) is 22.5. The second-order valence-corrected chi connectivity index (χ2v) is 29.0. The molecule has 0 heterocycles. The van der Waals surface area contributed by atoms with Crippen LogP contribution in [0.2, 0.25) is 0 Å². The first-order valence-corrected chi connectivity index (χ1v) is 35.3. The van der Waals surface area contributed by atoms with Gasteiger partial charge in [-0.25, -0.2) is 0 Å². The molecule has 10 rings (SSSR count). The van der Waals surface area contributed by atoms with E-state index in [1.165, 1.54) is 144 Å². The Morgan fingerprint density at radius 3 is 1.11 bits per heavy atom. The van der Waals surface area contributed by atoms with E-state index in [-0.39, 0.29) is 15.1 Å². The molecule has 2 N–H and O–H groups in total. The Bertz CT molecular complexity index is 3540. The summed E-state index contributed by atoms with van der Waals surface area (Å²) < 4.78 is 0. The van der Waals surface area contributed by atoms with E-state index < -0.39 is 19.5 Å². The van der Waals surface area contributed by atoms with E-state index in [9.17, 15) is 0 Å². The van der Waals surface area contributed by atoms with Crippen LogP contribution in [0, 0.1) is 90.0 Å². The van der Waals surface area contributed by atoms with Crippen molar-refractivity contribution in [3.8, 4) is 11.1 Å². The molecule has 0 amide bonds. The normalized spacial score (nSPS) is 11.6. The zero-order chi connectivity index (χ0) is 58.7. The molecule has 0 radical (unpaired) electrons. The minimum atomic E-state index is -1.34. The summed E-state index contributed by atoms with van der Waals surface area (Å²) in [5, 5.41) is 9.67. The number of rotatable bonds is 11. The molecule has 0 unspecified atom stereocenters. The fourth-order valence-electron chi connectivity index (χ4n) is 11.5. The summed E-state index contributed by atoms with van der Waals surface area (Å²) >= 11 is -0.346. The number of nitrogens with one attached hydrogen (secondary N) is 2. The van der Waals surface area contributed by atoms with Crippen LogP contribution in [0.1, 0.15) is 102 Å². The third kappa shape index (κ3) is 16.5. The molecule has 418 valence electrons. The fraction of sp³-hybridized carbons (Fsp3) is 0.243. The number of halogens is 2. The van der Waals surface area contributed by atoms with Crippen molar-refractivity contribution in [3.63, 3.8) is 0 Å². The quantitative estimate of drug-likeness (QED) is 0.0915. The van der Waals surface area contributed by atoms with Crippen molar-refractivity contribution in [2.24, 2.45) is 0 Å². The van der Waals surface area contributed by atoms with Crippen molar-refractivity contribution < 1.29 is 15.1 Å². The van der Waals surface area contributed by atoms with Gasteiger partial charge in [-0.15, -0.1) is 14.6 Å². The van der Waals surface area contributed by atoms with Crippen molar-refractivity contribution in [1.82, 2.24) is 0 Å². The van der Waals surface area contributed by atoms with Gasteiger partial charge in [0.1, 0.15) is 15.9 Å². The number of benzene rings is 10. The third-order valence-electron chi connectivity index (χ3n) is 15.0. The summed E-state index contributed by atoms with van der Waals surface area (Å²) in [4.78, 5) is 0. The van der Waals surface area contributed by atoms with Crippen molar-refractivity contribution in [2.45, 2.75) is 121 Å². The van der Waals surface area contributed by atoms with Gasteiger partial charge >= 0.3 is 34.5 Å². The number of hydrogen-bond acceptors (Lipinski definition) is 0. The molecular weight excluding hydrogens is 1150 g/mol. The predicted molar refractivity (Wildman–Crippen MR) is 361 cm³/mol. The van der Waals surface area contributed by atoms with Crippen LogP contribution in [0.4, 0.5) is 0 Å². The van der Waals surface area contributed by atoms with Gasteiger partial charge in [0, 0.05) is 5.56 Å². The molecule has 81 heavy (non-hydrogen) atoms. The van der Waals surface area contributed by atoms with Crippen molar-refractivity contribution in [1.29, 1.82) is 0 Å². The maximum absolute atomic E-state index is 8.81. The van der Waals surface area contributed by atoms with Crippen LogP contribution in [-0.2, 0) is 33.0 Å². The molecule has 0 aliphatic heterocycles. The second-order valence-electron chi connectivity index (χ2n) is 22.7. The Labute approximate surface area is 504 Å². The molecule has 1 atom stereocenters. The molecule has 0 aliphatic carbocycles. The predicted octanol–water partition coefficient (Wildman–Crippen LogP) is 21.0. The molecule has 10 aromatic carbocycles. The molecule has 0 fully saturated rings. The number of fused-ring (bicyclic) bond motifs is 2. The van der Waals surface area contributed by atoms with E-state index >= 15 is 0 Å². The monoisotopic (exact) mass is 1230 g/mol. The van der Waals surface area contributed by atoms with E-state index in [1.807, 2.05) is 62.4 Å². The van der Waals surface area contributed by atoms with Gasteiger partial charge in [-0.2, -0.15) is 0 Å². The van der Waals surface area contributed by atoms with Gasteiger partial charge in [0.25, 0.3) is 0 Å². The Morgan fingerprint density at radius 2 is 0.741 bits per heavy atom. The summed E-state index contributed by atoms with van der Waals surface area (Å²) in [5.74, 6) is 0. The minimum absolute atomic E-state index is 0.346. The molecular formula is C74H81Cl2N2P2Ru+. The van der Waals surface area contributed by atoms with Crippen LogP contribution >= 0.6 is 35.9 Å². The molecule has 2 nitrogen and oxygen atoms in total. The van der Waals surface area contributed by atoms with E-state index in [1.54, 1.807) is 6.92 Å². The first-order chi connectivity index (χ1) is 38.6. The van der Waals surface area contributed by atoms with Crippen molar-refractivity contribution in [3.05, 3.63) is 288 Å². The molecule has 0 spiro atoms. The average molecular weight is 1230 g/mol. The Hall–Kier alpha value is -5.30. The van der Waals surface area contributed by atoms with Crippen LogP contribution < -0.4 is 15.9 Å². The van der Waals surface area contributed by atoms with E-state index in [4.69, 9.17) is 30.8 Å². The van der Waals surface area contributed by atoms with Crippen molar-refractivity contribution in [2.75, 3.05) is 0 Å². The van der Waals surface area contributed by atoms with Gasteiger partial charge < -0.3 is 11.5 Å². The number of hydrogen-bond donors (Lipinski definition) is 0. The molecule has 0 aliphatic rings. The SMILES string of the molecule is Cc1cc(C)cc(CPCc2cc(C)cc(C)c2)c1.Cc1cc(C)cc([PH+](c2cc(C)cc(C)c2)c2ccc3cc(C)ccc3c2-c2c(C)ccc3cc(C)ccc23)c1.Cc1ccc(C([NH-])(c2ccc(C)cc2)[C@@H](C)[NH-])cc1.[Cl][Ru+2][Cl]. The summed E-state index contributed by atoms with van der Waals surface area (Å²) in [7, 11) is 9.34. The van der Waals surface area contributed by atoms with Crippen LogP contribution in [0.3, 0.4) is 0 Å².